The number of hydrogen-bond acceptors (Lipinski definition) is 4. The zero-order chi connectivity index (χ0) is 18.1. The largest absolute Gasteiger partial charge is 0.337 e. The molecule has 26 heavy (non-hydrogen) atoms. The van der Waals surface area contributed by atoms with Gasteiger partial charge in [0.2, 0.25) is 11.7 Å². The first-order valence-corrected chi connectivity index (χ1v) is 8.75. The van der Waals surface area contributed by atoms with Gasteiger partial charge in [-0.15, -0.1) is 0 Å². The van der Waals surface area contributed by atoms with Crippen LogP contribution in [0.4, 0.5) is 0 Å². The lowest BCUT2D eigenvalue weighted by Gasteiger charge is -1.99. The van der Waals surface area contributed by atoms with Crippen LogP contribution in [0, 0.1) is 6.92 Å². The second-order valence-corrected chi connectivity index (χ2v) is 6.34. The topological polar surface area (TPSA) is 65.8 Å². The molecule has 2 heterocycles. The van der Waals surface area contributed by atoms with Gasteiger partial charge in [-0.05, 0) is 31.0 Å². The Balaban J connectivity index is 1.74. The summed E-state index contributed by atoms with van der Waals surface area (Å²) >= 11 is 0. The summed E-state index contributed by atoms with van der Waals surface area (Å²) in [7, 11) is 0. The summed E-state index contributed by atoms with van der Waals surface area (Å²) < 4.78 is 8.92. The molecule has 4 aromatic rings. The van der Waals surface area contributed by atoms with Crippen LogP contribution in [-0.4, -0.2) is 19.3 Å². The molecule has 6 heteroatoms. The quantitative estimate of drug-likeness (QED) is 0.552. The van der Waals surface area contributed by atoms with E-state index in [0.717, 1.165) is 28.6 Å². The normalized spacial score (nSPS) is 11.3. The zero-order valence-corrected chi connectivity index (χ0v) is 14.8. The first-order valence-electron chi connectivity index (χ1n) is 8.75. The second kappa shape index (κ2) is 6.63. The number of aromatic nitrogens is 4. The first-order chi connectivity index (χ1) is 12.7. The molecule has 0 aliphatic rings. The number of rotatable bonds is 5. The minimum absolute atomic E-state index is 0.0521. The molecule has 0 fully saturated rings. The van der Waals surface area contributed by atoms with E-state index in [1.165, 1.54) is 0 Å². The maximum Gasteiger partial charge on any atom is 0.329 e. The van der Waals surface area contributed by atoms with E-state index in [-0.39, 0.29) is 12.2 Å². The van der Waals surface area contributed by atoms with Crippen molar-refractivity contribution in [2.24, 2.45) is 0 Å². The summed E-state index contributed by atoms with van der Waals surface area (Å²) in [6.07, 6.45) is 0.895. The van der Waals surface area contributed by atoms with Gasteiger partial charge in [0.05, 0.1) is 11.0 Å². The molecule has 132 valence electrons. The maximum absolute atomic E-state index is 12.8. The maximum atomic E-state index is 12.8. The van der Waals surface area contributed by atoms with Gasteiger partial charge in [0.25, 0.3) is 0 Å². The van der Waals surface area contributed by atoms with E-state index in [0.29, 0.717) is 18.3 Å². The van der Waals surface area contributed by atoms with Crippen LogP contribution in [-0.2, 0) is 13.1 Å². The number of hydrogen-bond donors (Lipinski definition) is 0. The molecular weight excluding hydrogens is 328 g/mol. The SMILES string of the molecule is CCCn1c(=O)n(Cc2nc(-c3ccccc3C)no2)c2ccccc21. The smallest absolute Gasteiger partial charge is 0.329 e. The molecule has 0 spiro atoms. The molecule has 0 unspecified atom stereocenters. The zero-order valence-electron chi connectivity index (χ0n) is 14.8. The van der Waals surface area contributed by atoms with Crippen LogP contribution in [0.3, 0.4) is 0 Å². The lowest BCUT2D eigenvalue weighted by molar-refractivity contribution is 0.370. The average Bonchev–Trinajstić information content (AvgIpc) is 3.22. The second-order valence-electron chi connectivity index (χ2n) is 6.34. The van der Waals surface area contributed by atoms with Gasteiger partial charge in [0.15, 0.2) is 0 Å². The van der Waals surface area contributed by atoms with Gasteiger partial charge in [-0.1, -0.05) is 48.5 Å². The van der Waals surface area contributed by atoms with Crippen LogP contribution in [0.1, 0.15) is 24.8 Å². The Morgan fingerprint density at radius 2 is 1.69 bits per heavy atom. The molecule has 6 nitrogen and oxygen atoms in total. The summed E-state index contributed by atoms with van der Waals surface area (Å²) in [5.74, 6) is 0.966. The molecule has 0 saturated heterocycles. The molecule has 0 amide bonds. The van der Waals surface area contributed by atoms with E-state index in [2.05, 4.69) is 17.1 Å². The van der Waals surface area contributed by atoms with Crippen molar-refractivity contribution in [3.63, 3.8) is 0 Å². The van der Waals surface area contributed by atoms with Crippen LogP contribution in [0.5, 0.6) is 0 Å². The molecule has 0 aliphatic heterocycles. The van der Waals surface area contributed by atoms with Crippen molar-refractivity contribution in [1.29, 1.82) is 0 Å². The third-order valence-corrected chi connectivity index (χ3v) is 4.52. The minimum Gasteiger partial charge on any atom is -0.337 e. The summed E-state index contributed by atoms with van der Waals surface area (Å²) in [4.78, 5) is 17.3. The fraction of sp³-hybridized carbons (Fsp3) is 0.250. The van der Waals surface area contributed by atoms with Crippen molar-refractivity contribution in [1.82, 2.24) is 19.3 Å². The number of para-hydroxylation sites is 2. The first kappa shape index (κ1) is 16.3. The van der Waals surface area contributed by atoms with Gasteiger partial charge in [-0.3, -0.25) is 9.13 Å². The summed E-state index contributed by atoms with van der Waals surface area (Å²) in [5.41, 5.74) is 3.77. The molecule has 0 aliphatic carbocycles. The van der Waals surface area contributed by atoms with Crippen LogP contribution in [0.2, 0.25) is 0 Å². The Hall–Kier alpha value is -3.15. The van der Waals surface area contributed by atoms with E-state index < -0.39 is 0 Å². The lowest BCUT2D eigenvalue weighted by atomic mass is 10.1. The predicted molar refractivity (Wildman–Crippen MR) is 100 cm³/mol. The number of aryl methyl sites for hydroxylation is 2. The van der Waals surface area contributed by atoms with Gasteiger partial charge in [-0.25, -0.2) is 4.79 Å². The van der Waals surface area contributed by atoms with E-state index >= 15 is 0 Å². The molecule has 0 saturated carbocycles. The standard InChI is InChI=1S/C20H20N4O2/c1-3-12-23-16-10-6-7-11-17(16)24(20(23)25)13-18-21-19(22-26-18)15-9-5-4-8-14(15)2/h4-11H,3,12-13H2,1-2H3. The molecule has 4 rings (SSSR count). The van der Waals surface area contributed by atoms with E-state index in [1.807, 2.05) is 55.5 Å². The average molecular weight is 348 g/mol. The number of benzene rings is 2. The van der Waals surface area contributed by atoms with Crippen molar-refractivity contribution >= 4 is 11.0 Å². The third kappa shape index (κ3) is 2.73. The van der Waals surface area contributed by atoms with Gasteiger partial charge in [0, 0.05) is 12.1 Å². The van der Waals surface area contributed by atoms with E-state index in [9.17, 15) is 4.79 Å². The summed E-state index contributed by atoms with van der Waals surface area (Å²) in [5, 5.41) is 4.09. The van der Waals surface area contributed by atoms with Gasteiger partial charge >= 0.3 is 5.69 Å². The Bertz CT molecular complexity index is 1120. The summed E-state index contributed by atoms with van der Waals surface area (Å²) in [6, 6.07) is 15.7. The number of imidazole rings is 1. The highest BCUT2D eigenvalue weighted by molar-refractivity contribution is 5.76. The van der Waals surface area contributed by atoms with Crippen LogP contribution < -0.4 is 5.69 Å². The molecule has 0 radical (unpaired) electrons. The van der Waals surface area contributed by atoms with E-state index in [4.69, 9.17) is 4.52 Å². The van der Waals surface area contributed by atoms with E-state index in [1.54, 1.807) is 9.13 Å². The number of nitrogens with zero attached hydrogens (tertiary/aromatic N) is 4. The van der Waals surface area contributed by atoms with Crippen molar-refractivity contribution in [2.45, 2.75) is 33.4 Å². The molecule has 0 atom stereocenters. The van der Waals surface area contributed by atoms with Crippen molar-refractivity contribution in [2.75, 3.05) is 0 Å². The molecule has 0 N–H and O–H groups in total. The van der Waals surface area contributed by atoms with Crippen molar-refractivity contribution in [3.05, 3.63) is 70.5 Å². The highest BCUT2D eigenvalue weighted by Crippen LogP contribution is 2.20. The molecule has 0 bridgehead atoms. The number of fused-ring (bicyclic) bond motifs is 1. The Kier molecular flexibility index (Phi) is 4.16. The van der Waals surface area contributed by atoms with Crippen LogP contribution in [0.15, 0.2) is 57.8 Å². The Morgan fingerprint density at radius 1 is 1.00 bits per heavy atom. The van der Waals surface area contributed by atoms with Crippen molar-refractivity contribution in [3.8, 4) is 11.4 Å². The third-order valence-electron chi connectivity index (χ3n) is 4.52. The molecule has 2 aromatic carbocycles. The lowest BCUT2D eigenvalue weighted by Crippen LogP contribution is -2.24. The Morgan fingerprint density at radius 3 is 2.42 bits per heavy atom. The minimum atomic E-state index is -0.0521. The summed E-state index contributed by atoms with van der Waals surface area (Å²) in [6.45, 7) is 5.01. The van der Waals surface area contributed by atoms with Gasteiger partial charge < -0.3 is 4.52 Å². The highest BCUT2D eigenvalue weighted by atomic mass is 16.5. The highest BCUT2D eigenvalue weighted by Gasteiger charge is 2.16. The molecule has 2 aromatic heterocycles. The van der Waals surface area contributed by atoms with Gasteiger partial charge in [0.1, 0.15) is 6.54 Å². The van der Waals surface area contributed by atoms with Crippen LogP contribution in [0.25, 0.3) is 22.4 Å². The fourth-order valence-corrected chi connectivity index (χ4v) is 3.25. The van der Waals surface area contributed by atoms with Crippen LogP contribution >= 0.6 is 0 Å². The fourth-order valence-electron chi connectivity index (χ4n) is 3.25. The van der Waals surface area contributed by atoms with Gasteiger partial charge in [-0.2, -0.15) is 4.98 Å². The van der Waals surface area contributed by atoms with Crippen molar-refractivity contribution < 1.29 is 4.52 Å². The monoisotopic (exact) mass is 348 g/mol. The predicted octanol–water partition coefficient (Wildman–Crippen LogP) is 3.62. The molecular formula is C20H20N4O2. The Labute approximate surface area is 150 Å².